The van der Waals surface area contributed by atoms with Gasteiger partial charge in [-0.3, -0.25) is 9.69 Å². The fourth-order valence-electron chi connectivity index (χ4n) is 2.85. The number of likely N-dealkylation sites (N-methyl/N-ethyl adjacent to an activating group) is 1. The molecule has 0 aliphatic carbocycles. The minimum Gasteiger partial charge on any atom is -0.308 e. The standard InChI is InChI=1S/C22H27N3OS2.ClH/c1-15-6-10-18(11-7-15)27-14-19(26)25(13-12-24(4)5)22-23-20-16(2)8-9-17(3)21(20)28-22;/h6-11H,12-14H2,1-5H3;1H. The number of thiazole rings is 1. The Kier molecular flexibility index (Phi) is 8.52. The monoisotopic (exact) mass is 449 g/mol. The first kappa shape index (κ1) is 23.7. The number of carbonyl (C=O) groups is 1. The van der Waals surface area contributed by atoms with Crippen LogP contribution < -0.4 is 4.90 Å². The highest BCUT2D eigenvalue weighted by Gasteiger charge is 2.21. The van der Waals surface area contributed by atoms with Crippen molar-refractivity contribution >= 4 is 56.8 Å². The lowest BCUT2D eigenvalue weighted by Gasteiger charge is -2.21. The van der Waals surface area contributed by atoms with Crippen LogP contribution in [-0.2, 0) is 4.79 Å². The highest BCUT2D eigenvalue weighted by atomic mass is 35.5. The van der Waals surface area contributed by atoms with Crippen LogP contribution in [0.3, 0.4) is 0 Å². The van der Waals surface area contributed by atoms with Crippen LogP contribution in [0.4, 0.5) is 5.13 Å². The third kappa shape index (κ3) is 5.95. The van der Waals surface area contributed by atoms with E-state index in [1.807, 2.05) is 19.0 Å². The normalized spacial score (nSPS) is 11.0. The largest absolute Gasteiger partial charge is 0.308 e. The van der Waals surface area contributed by atoms with Crippen LogP contribution in [0.25, 0.3) is 10.2 Å². The smallest absolute Gasteiger partial charge is 0.239 e. The fourth-order valence-corrected chi connectivity index (χ4v) is 4.78. The fraction of sp³-hybridized carbons (Fsp3) is 0.364. The van der Waals surface area contributed by atoms with E-state index in [0.717, 1.165) is 27.7 Å². The number of thioether (sulfide) groups is 1. The molecule has 0 atom stereocenters. The lowest BCUT2D eigenvalue weighted by molar-refractivity contribution is -0.116. The first-order valence-corrected chi connectivity index (χ1v) is 11.2. The first-order chi connectivity index (χ1) is 13.3. The van der Waals surface area contributed by atoms with Crippen molar-refractivity contribution in [2.24, 2.45) is 0 Å². The van der Waals surface area contributed by atoms with Crippen LogP contribution in [0.2, 0.25) is 0 Å². The minimum atomic E-state index is 0. The van der Waals surface area contributed by atoms with E-state index in [9.17, 15) is 4.79 Å². The van der Waals surface area contributed by atoms with Gasteiger partial charge in [-0.25, -0.2) is 4.98 Å². The number of hydrogen-bond acceptors (Lipinski definition) is 5. The van der Waals surface area contributed by atoms with E-state index in [4.69, 9.17) is 4.98 Å². The molecule has 0 saturated carbocycles. The van der Waals surface area contributed by atoms with Gasteiger partial charge in [0.2, 0.25) is 5.91 Å². The summed E-state index contributed by atoms with van der Waals surface area (Å²) in [5.74, 6) is 0.506. The second-order valence-electron chi connectivity index (χ2n) is 7.32. The maximum Gasteiger partial charge on any atom is 0.239 e. The summed E-state index contributed by atoms with van der Waals surface area (Å²) < 4.78 is 1.17. The SMILES string of the molecule is Cc1ccc(SCC(=O)N(CCN(C)C)c2nc3c(C)ccc(C)c3s2)cc1.Cl. The summed E-state index contributed by atoms with van der Waals surface area (Å²) >= 11 is 3.20. The van der Waals surface area contributed by atoms with Crippen molar-refractivity contribution in [3.8, 4) is 0 Å². The Labute approximate surface area is 187 Å². The second-order valence-corrected chi connectivity index (χ2v) is 9.35. The number of hydrogen-bond donors (Lipinski definition) is 0. The van der Waals surface area contributed by atoms with Gasteiger partial charge >= 0.3 is 0 Å². The van der Waals surface area contributed by atoms with Crippen LogP contribution in [0.5, 0.6) is 0 Å². The van der Waals surface area contributed by atoms with E-state index >= 15 is 0 Å². The third-order valence-electron chi connectivity index (χ3n) is 4.62. The van der Waals surface area contributed by atoms with Crippen molar-refractivity contribution in [2.75, 3.05) is 37.8 Å². The molecular formula is C22H28ClN3OS2. The number of aryl methyl sites for hydroxylation is 3. The van der Waals surface area contributed by atoms with Crippen LogP contribution in [-0.4, -0.2) is 48.7 Å². The molecule has 0 fully saturated rings. The lowest BCUT2D eigenvalue weighted by atomic mass is 10.1. The minimum absolute atomic E-state index is 0. The van der Waals surface area contributed by atoms with Gasteiger partial charge in [-0.1, -0.05) is 41.2 Å². The number of aromatic nitrogens is 1. The van der Waals surface area contributed by atoms with Gasteiger partial charge in [-0.2, -0.15) is 0 Å². The second kappa shape index (κ2) is 10.4. The number of amides is 1. The molecule has 1 aromatic heterocycles. The van der Waals surface area contributed by atoms with Gasteiger partial charge in [0.15, 0.2) is 5.13 Å². The molecule has 2 aromatic carbocycles. The van der Waals surface area contributed by atoms with Crippen LogP contribution in [0.15, 0.2) is 41.3 Å². The molecule has 0 N–H and O–H groups in total. The Bertz CT molecular complexity index is 931. The predicted molar refractivity (Wildman–Crippen MR) is 129 cm³/mol. The maximum absolute atomic E-state index is 13.1. The van der Waals surface area contributed by atoms with Gasteiger partial charge in [0.25, 0.3) is 0 Å². The molecule has 29 heavy (non-hydrogen) atoms. The zero-order valence-electron chi connectivity index (χ0n) is 17.6. The molecule has 3 rings (SSSR count). The third-order valence-corrected chi connectivity index (χ3v) is 6.83. The molecule has 0 radical (unpaired) electrons. The molecule has 0 aliphatic heterocycles. The summed E-state index contributed by atoms with van der Waals surface area (Å²) in [4.78, 5) is 23.0. The molecule has 0 aliphatic rings. The van der Waals surface area contributed by atoms with Gasteiger partial charge in [0, 0.05) is 18.0 Å². The number of fused-ring (bicyclic) bond motifs is 1. The zero-order valence-corrected chi connectivity index (χ0v) is 20.0. The Morgan fingerprint density at radius 2 is 1.66 bits per heavy atom. The summed E-state index contributed by atoms with van der Waals surface area (Å²) in [5, 5.41) is 0.795. The molecule has 0 saturated heterocycles. The Morgan fingerprint density at radius 1 is 1.00 bits per heavy atom. The average Bonchev–Trinajstić information content (AvgIpc) is 3.10. The number of rotatable bonds is 7. The van der Waals surface area contributed by atoms with E-state index in [1.165, 1.54) is 15.8 Å². The van der Waals surface area contributed by atoms with Crippen LogP contribution in [0, 0.1) is 20.8 Å². The van der Waals surface area contributed by atoms with E-state index in [-0.39, 0.29) is 18.3 Å². The van der Waals surface area contributed by atoms with Gasteiger partial charge in [0.1, 0.15) is 0 Å². The Morgan fingerprint density at radius 3 is 2.28 bits per heavy atom. The molecule has 156 valence electrons. The molecule has 1 amide bonds. The summed E-state index contributed by atoms with van der Waals surface area (Å²) in [5.41, 5.74) is 4.59. The number of anilines is 1. The molecule has 3 aromatic rings. The van der Waals surface area contributed by atoms with Crippen molar-refractivity contribution in [1.82, 2.24) is 9.88 Å². The molecule has 7 heteroatoms. The van der Waals surface area contributed by atoms with Gasteiger partial charge in [0.05, 0.1) is 16.0 Å². The topological polar surface area (TPSA) is 36.4 Å². The summed E-state index contributed by atoms with van der Waals surface area (Å²) in [7, 11) is 4.05. The zero-order chi connectivity index (χ0) is 20.3. The van der Waals surface area contributed by atoms with E-state index in [0.29, 0.717) is 12.3 Å². The highest BCUT2D eigenvalue weighted by molar-refractivity contribution is 8.00. The highest BCUT2D eigenvalue weighted by Crippen LogP contribution is 2.33. The van der Waals surface area contributed by atoms with Crippen molar-refractivity contribution in [1.29, 1.82) is 0 Å². The first-order valence-electron chi connectivity index (χ1n) is 9.36. The molecule has 0 spiro atoms. The number of nitrogens with zero attached hydrogens (tertiary/aromatic N) is 3. The number of halogens is 1. The lowest BCUT2D eigenvalue weighted by Crippen LogP contribution is -2.37. The van der Waals surface area contributed by atoms with Gasteiger partial charge in [-0.15, -0.1) is 24.2 Å². The molecular weight excluding hydrogens is 422 g/mol. The van der Waals surface area contributed by atoms with Crippen LogP contribution in [0.1, 0.15) is 16.7 Å². The van der Waals surface area contributed by atoms with E-state index in [1.54, 1.807) is 23.1 Å². The van der Waals surface area contributed by atoms with E-state index in [2.05, 4.69) is 62.1 Å². The van der Waals surface area contributed by atoms with Crippen molar-refractivity contribution in [3.05, 3.63) is 53.1 Å². The van der Waals surface area contributed by atoms with E-state index < -0.39 is 0 Å². The van der Waals surface area contributed by atoms with Gasteiger partial charge in [-0.05, 0) is 58.1 Å². The van der Waals surface area contributed by atoms with Crippen molar-refractivity contribution < 1.29 is 4.79 Å². The predicted octanol–water partition coefficient (Wildman–Crippen LogP) is 5.33. The number of carbonyl (C=O) groups excluding carboxylic acids is 1. The van der Waals surface area contributed by atoms with Gasteiger partial charge < -0.3 is 4.90 Å². The molecule has 0 unspecified atom stereocenters. The quantitative estimate of drug-likeness (QED) is 0.457. The molecule has 0 bridgehead atoms. The summed E-state index contributed by atoms with van der Waals surface area (Å²) in [6.45, 7) is 7.68. The molecule has 4 nitrogen and oxygen atoms in total. The Hall–Kier alpha value is -1.60. The average molecular weight is 450 g/mol. The summed E-state index contributed by atoms with van der Waals surface area (Å²) in [6.07, 6.45) is 0. The van der Waals surface area contributed by atoms with Crippen molar-refractivity contribution in [3.63, 3.8) is 0 Å². The molecule has 1 heterocycles. The summed E-state index contributed by atoms with van der Waals surface area (Å²) in [6, 6.07) is 12.5. The maximum atomic E-state index is 13.1. The Balaban J connectivity index is 0.00000300. The van der Waals surface area contributed by atoms with Crippen LogP contribution >= 0.6 is 35.5 Å². The van der Waals surface area contributed by atoms with Crippen molar-refractivity contribution in [2.45, 2.75) is 25.7 Å². The number of benzene rings is 2.